The van der Waals surface area contributed by atoms with Crippen molar-refractivity contribution in [1.29, 1.82) is 0 Å². The molecule has 1 heterocycles. The number of hydrogen-bond donors (Lipinski definition) is 2. The highest BCUT2D eigenvalue weighted by molar-refractivity contribution is 6.31. The number of rotatable bonds is 5. The van der Waals surface area contributed by atoms with Crippen molar-refractivity contribution < 1.29 is 32.2 Å². The minimum Gasteiger partial charge on any atom is -0.434 e. The highest BCUT2D eigenvalue weighted by atomic mass is 35.5. The molecule has 11 heteroatoms. The van der Waals surface area contributed by atoms with Gasteiger partial charge in [0.05, 0.1) is 12.6 Å². The van der Waals surface area contributed by atoms with Crippen LogP contribution in [0.25, 0.3) is 0 Å². The Hall–Kier alpha value is -2.65. The molecule has 1 fully saturated rings. The van der Waals surface area contributed by atoms with Crippen molar-refractivity contribution in [1.82, 2.24) is 10.6 Å². The van der Waals surface area contributed by atoms with Gasteiger partial charge in [-0.3, -0.25) is 4.79 Å². The van der Waals surface area contributed by atoms with Crippen molar-refractivity contribution in [3.8, 4) is 5.75 Å². The third-order valence-corrected chi connectivity index (χ3v) is 4.46. The molecule has 3 rings (SSSR count). The zero-order valence-electron chi connectivity index (χ0n) is 14.4. The Morgan fingerprint density at radius 1 is 1.17 bits per heavy atom. The Balaban J connectivity index is 2.00. The van der Waals surface area contributed by atoms with Gasteiger partial charge in [0, 0.05) is 15.6 Å². The molecule has 0 aliphatic carbocycles. The van der Waals surface area contributed by atoms with Crippen molar-refractivity contribution in [2.45, 2.75) is 18.5 Å². The van der Waals surface area contributed by atoms with Gasteiger partial charge >= 0.3 is 12.5 Å². The standard InChI is InChI=1S/C18H13Cl2F3N2O4/c19-10-3-1-9(2-4-10)15(25-16(26)14-8-24-17(27)28-14)12-6-5-11(20)7-13(12)29-18(21,22)23/h1-7,14-15H,8H2,(H,24,27)(H,25,26)/t14-,15-/m0/s1. The van der Waals surface area contributed by atoms with Crippen molar-refractivity contribution in [3.63, 3.8) is 0 Å². The normalized spacial score (nSPS) is 17.3. The smallest absolute Gasteiger partial charge is 0.434 e. The van der Waals surface area contributed by atoms with Crippen molar-refractivity contribution >= 4 is 35.2 Å². The van der Waals surface area contributed by atoms with Crippen LogP contribution in [0.3, 0.4) is 0 Å². The van der Waals surface area contributed by atoms with E-state index in [2.05, 4.69) is 15.4 Å². The lowest BCUT2D eigenvalue weighted by Crippen LogP contribution is -2.39. The molecule has 2 atom stereocenters. The highest BCUT2D eigenvalue weighted by Gasteiger charge is 2.35. The zero-order valence-corrected chi connectivity index (χ0v) is 15.9. The molecular formula is C18H13Cl2F3N2O4. The molecule has 1 saturated heterocycles. The lowest BCUT2D eigenvalue weighted by Gasteiger charge is -2.24. The van der Waals surface area contributed by atoms with E-state index in [1.54, 1.807) is 0 Å². The van der Waals surface area contributed by atoms with Crippen LogP contribution < -0.4 is 15.4 Å². The number of alkyl halides is 3. The minimum atomic E-state index is -4.97. The lowest BCUT2D eigenvalue weighted by molar-refractivity contribution is -0.274. The molecule has 6 nitrogen and oxygen atoms in total. The molecule has 154 valence electrons. The molecule has 29 heavy (non-hydrogen) atoms. The number of amides is 2. The third-order valence-electron chi connectivity index (χ3n) is 3.98. The molecule has 2 N–H and O–H groups in total. The molecule has 2 aromatic carbocycles. The Morgan fingerprint density at radius 3 is 2.41 bits per heavy atom. The van der Waals surface area contributed by atoms with Gasteiger partial charge in [0.2, 0.25) is 0 Å². The van der Waals surface area contributed by atoms with E-state index in [1.807, 2.05) is 0 Å². The largest absolute Gasteiger partial charge is 0.573 e. The maximum absolute atomic E-state index is 12.9. The topological polar surface area (TPSA) is 76.7 Å². The number of hydrogen-bond acceptors (Lipinski definition) is 4. The van der Waals surface area contributed by atoms with Crippen molar-refractivity contribution in [2.24, 2.45) is 0 Å². The van der Waals surface area contributed by atoms with E-state index in [0.29, 0.717) is 10.6 Å². The summed E-state index contributed by atoms with van der Waals surface area (Å²) in [6.07, 6.45) is -6.86. The summed E-state index contributed by atoms with van der Waals surface area (Å²) in [6.45, 7) is -0.0649. The van der Waals surface area contributed by atoms with Crippen LogP contribution in [0, 0.1) is 0 Å². The number of nitrogens with one attached hydrogen (secondary N) is 2. The lowest BCUT2D eigenvalue weighted by atomic mass is 9.97. The van der Waals surface area contributed by atoms with E-state index in [0.717, 1.165) is 6.07 Å². The van der Waals surface area contributed by atoms with E-state index in [4.69, 9.17) is 27.9 Å². The van der Waals surface area contributed by atoms with Crippen molar-refractivity contribution in [3.05, 3.63) is 63.6 Å². The summed E-state index contributed by atoms with van der Waals surface area (Å²) in [4.78, 5) is 23.7. The summed E-state index contributed by atoms with van der Waals surface area (Å²) >= 11 is 11.7. The average molecular weight is 449 g/mol. The van der Waals surface area contributed by atoms with Gasteiger partial charge in [-0.1, -0.05) is 41.4 Å². The first-order chi connectivity index (χ1) is 13.6. The second-order valence-electron chi connectivity index (χ2n) is 6.00. The molecule has 0 saturated carbocycles. The molecule has 0 aromatic heterocycles. The Labute approximate surface area is 172 Å². The number of alkyl carbamates (subject to hydrolysis) is 1. The second kappa shape index (κ2) is 8.38. The van der Waals surface area contributed by atoms with E-state index in [9.17, 15) is 22.8 Å². The zero-order chi connectivity index (χ0) is 21.2. The average Bonchev–Trinajstić information content (AvgIpc) is 3.06. The summed E-state index contributed by atoms with van der Waals surface area (Å²) in [6, 6.07) is 8.73. The SMILES string of the molecule is O=C1NC[C@@H](C(=O)N[C@@H](c2ccc(Cl)cc2)c2ccc(Cl)cc2OC(F)(F)F)O1. The van der Waals surface area contributed by atoms with Gasteiger partial charge in [0.15, 0.2) is 6.10 Å². The molecule has 2 aromatic rings. The van der Waals surface area contributed by atoms with E-state index in [1.165, 1.54) is 36.4 Å². The fraction of sp³-hybridized carbons (Fsp3) is 0.222. The van der Waals surface area contributed by atoms with Crippen LogP contribution in [-0.4, -0.2) is 31.0 Å². The van der Waals surface area contributed by atoms with Crippen molar-refractivity contribution in [2.75, 3.05) is 6.54 Å². The maximum Gasteiger partial charge on any atom is 0.573 e. The summed E-state index contributed by atoms with van der Waals surface area (Å²) in [7, 11) is 0. The van der Waals surface area contributed by atoms with Crippen LogP contribution in [0.4, 0.5) is 18.0 Å². The molecule has 0 radical (unpaired) electrons. The first kappa shape index (κ1) is 21.1. The van der Waals surface area contributed by atoms with Gasteiger partial charge in [-0.15, -0.1) is 13.2 Å². The van der Waals surface area contributed by atoms with Gasteiger partial charge in [0.25, 0.3) is 5.91 Å². The molecular weight excluding hydrogens is 436 g/mol. The first-order valence-electron chi connectivity index (χ1n) is 8.18. The second-order valence-corrected chi connectivity index (χ2v) is 6.87. The summed E-state index contributed by atoms with van der Waals surface area (Å²) in [5.74, 6) is -1.27. The number of halogens is 5. The number of benzene rings is 2. The summed E-state index contributed by atoms with van der Waals surface area (Å²) < 4.78 is 47.6. The van der Waals surface area contributed by atoms with Crippen LogP contribution in [0.2, 0.25) is 10.0 Å². The van der Waals surface area contributed by atoms with Crippen LogP contribution >= 0.6 is 23.2 Å². The number of ether oxygens (including phenoxy) is 2. The van der Waals surface area contributed by atoms with E-state index >= 15 is 0 Å². The number of carbonyl (C=O) groups is 2. The molecule has 0 bridgehead atoms. The van der Waals surface area contributed by atoms with Crippen LogP contribution in [0.5, 0.6) is 5.75 Å². The van der Waals surface area contributed by atoms with Crippen LogP contribution in [0.15, 0.2) is 42.5 Å². The highest BCUT2D eigenvalue weighted by Crippen LogP contribution is 2.36. The Morgan fingerprint density at radius 2 is 1.83 bits per heavy atom. The molecule has 1 aliphatic rings. The molecule has 0 spiro atoms. The van der Waals surface area contributed by atoms with Gasteiger partial charge in [-0.2, -0.15) is 0 Å². The molecule has 0 unspecified atom stereocenters. The minimum absolute atomic E-state index is 0.000296. The fourth-order valence-electron chi connectivity index (χ4n) is 2.73. The first-order valence-corrected chi connectivity index (χ1v) is 8.93. The maximum atomic E-state index is 12.9. The monoisotopic (exact) mass is 448 g/mol. The number of carbonyl (C=O) groups excluding carboxylic acids is 2. The van der Waals surface area contributed by atoms with Gasteiger partial charge < -0.3 is 20.1 Å². The number of cyclic esters (lactones) is 1. The third kappa shape index (κ3) is 5.45. The van der Waals surface area contributed by atoms with E-state index < -0.39 is 36.3 Å². The van der Waals surface area contributed by atoms with E-state index in [-0.39, 0.29) is 17.1 Å². The summed E-state index contributed by atoms with van der Waals surface area (Å²) in [5, 5.41) is 5.33. The summed E-state index contributed by atoms with van der Waals surface area (Å²) in [5.41, 5.74) is 0.425. The van der Waals surface area contributed by atoms with Crippen LogP contribution in [0.1, 0.15) is 17.2 Å². The molecule has 2 amide bonds. The predicted molar refractivity (Wildman–Crippen MR) is 97.8 cm³/mol. The van der Waals surface area contributed by atoms with Gasteiger partial charge in [-0.25, -0.2) is 4.79 Å². The van der Waals surface area contributed by atoms with Gasteiger partial charge in [-0.05, 0) is 29.8 Å². The predicted octanol–water partition coefficient (Wildman–Crippen LogP) is 4.21. The fourth-order valence-corrected chi connectivity index (χ4v) is 3.01. The molecule has 1 aliphatic heterocycles. The quantitative estimate of drug-likeness (QED) is 0.718. The Kier molecular flexibility index (Phi) is 6.09. The Bertz CT molecular complexity index is 922. The van der Waals surface area contributed by atoms with Gasteiger partial charge in [0.1, 0.15) is 5.75 Å². The van der Waals surface area contributed by atoms with Crippen LogP contribution in [-0.2, 0) is 9.53 Å².